The van der Waals surface area contributed by atoms with Crippen LogP contribution < -0.4 is 5.32 Å². The van der Waals surface area contributed by atoms with Crippen molar-refractivity contribution in [2.75, 3.05) is 20.3 Å². The molecule has 0 aliphatic rings. The molecule has 1 aromatic heterocycles. The second-order valence-corrected chi connectivity index (χ2v) is 4.42. The van der Waals surface area contributed by atoms with E-state index >= 15 is 0 Å². The van der Waals surface area contributed by atoms with Gasteiger partial charge in [-0.3, -0.25) is 0 Å². The summed E-state index contributed by atoms with van der Waals surface area (Å²) in [7, 11) is 1.72. The molecule has 0 amide bonds. The van der Waals surface area contributed by atoms with Crippen LogP contribution in [0.2, 0.25) is 0 Å². The van der Waals surface area contributed by atoms with Crippen LogP contribution >= 0.6 is 0 Å². The summed E-state index contributed by atoms with van der Waals surface area (Å²) in [5.41, 5.74) is 5.14. The van der Waals surface area contributed by atoms with Gasteiger partial charge >= 0.3 is 0 Å². The van der Waals surface area contributed by atoms with Crippen LogP contribution in [-0.2, 0) is 11.3 Å². The fourth-order valence-corrected chi connectivity index (χ4v) is 2.03. The van der Waals surface area contributed by atoms with Gasteiger partial charge in [-0.25, -0.2) is 0 Å². The molecule has 2 N–H and O–H groups in total. The second kappa shape index (κ2) is 5.34. The van der Waals surface area contributed by atoms with Gasteiger partial charge in [0.2, 0.25) is 0 Å². The molecule has 0 saturated carbocycles. The number of hydrogen-bond acceptors (Lipinski definition) is 2. The highest BCUT2D eigenvalue weighted by Gasteiger charge is 2.04. The lowest BCUT2D eigenvalue weighted by Gasteiger charge is -2.04. The molecule has 1 aromatic carbocycles. The summed E-state index contributed by atoms with van der Waals surface area (Å²) >= 11 is 0. The summed E-state index contributed by atoms with van der Waals surface area (Å²) in [5.74, 6) is 0. The number of aryl methyl sites for hydroxylation is 2. The second-order valence-electron chi connectivity index (χ2n) is 4.42. The molecule has 0 unspecified atom stereocenters. The quantitative estimate of drug-likeness (QED) is 0.777. The van der Waals surface area contributed by atoms with Gasteiger partial charge in [-0.1, -0.05) is 6.07 Å². The lowest BCUT2D eigenvalue weighted by molar-refractivity contribution is 0.199. The molecule has 2 aromatic rings. The van der Waals surface area contributed by atoms with Gasteiger partial charge in [0, 0.05) is 36.8 Å². The minimum atomic E-state index is 0.754. The van der Waals surface area contributed by atoms with Gasteiger partial charge in [0.1, 0.15) is 0 Å². The first kappa shape index (κ1) is 12.1. The summed E-state index contributed by atoms with van der Waals surface area (Å²) in [6.45, 7) is 6.81. The predicted octanol–water partition coefficient (Wildman–Crippen LogP) is 2.52. The van der Waals surface area contributed by atoms with Crippen LogP contribution in [0.5, 0.6) is 0 Å². The molecule has 2 rings (SSSR count). The smallest absolute Gasteiger partial charge is 0.0587 e. The van der Waals surface area contributed by atoms with Gasteiger partial charge in [0.25, 0.3) is 0 Å². The number of rotatable bonds is 5. The van der Waals surface area contributed by atoms with Crippen molar-refractivity contribution in [1.82, 2.24) is 10.3 Å². The monoisotopic (exact) mass is 232 g/mol. The number of aromatic nitrogens is 1. The summed E-state index contributed by atoms with van der Waals surface area (Å²) in [5, 5.41) is 4.69. The molecule has 3 nitrogen and oxygen atoms in total. The van der Waals surface area contributed by atoms with Gasteiger partial charge in [0.15, 0.2) is 0 Å². The zero-order chi connectivity index (χ0) is 12.3. The minimum absolute atomic E-state index is 0.754. The third-order valence-corrected chi connectivity index (χ3v) is 3.18. The van der Waals surface area contributed by atoms with Crippen LogP contribution in [0.3, 0.4) is 0 Å². The van der Waals surface area contributed by atoms with Crippen LogP contribution in [0.15, 0.2) is 18.2 Å². The Bertz CT molecular complexity index is 502. The average molecular weight is 232 g/mol. The molecule has 0 aliphatic carbocycles. The summed E-state index contributed by atoms with van der Waals surface area (Å²) < 4.78 is 5.00. The van der Waals surface area contributed by atoms with Gasteiger partial charge in [0.05, 0.1) is 6.61 Å². The zero-order valence-electron chi connectivity index (χ0n) is 10.8. The highest BCUT2D eigenvalue weighted by atomic mass is 16.5. The SMILES string of the molecule is COCCNCc1ccc2[nH]c(C)c(C)c2c1. The van der Waals surface area contributed by atoms with Crippen molar-refractivity contribution in [3.8, 4) is 0 Å². The maximum Gasteiger partial charge on any atom is 0.0587 e. The van der Waals surface area contributed by atoms with Gasteiger partial charge < -0.3 is 15.0 Å². The van der Waals surface area contributed by atoms with Gasteiger partial charge in [-0.2, -0.15) is 0 Å². The van der Waals surface area contributed by atoms with E-state index in [4.69, 9.17) is 4.74 Å². The molecule has 3 heteroatoms. The van der Waals surface area contributed by atoms with E-state index < -0.39 is 0 Å². The molecule has 0 aliphatic heterocycles. The van der Waals surface area contributed by atoms with Crippen molar-refractivity contribution < 1.29 is 4.74 Å². The minimum Gasteiger partial charge on any atom is -0.383 e. The van der Waals surface area contributed by atoms with Crippen molar-refractivity contribution in [2.24, 2.45) is 0 Å². The largest absolute Gasteiger partial charge is 0.383 e. The maximum atomic E-state index is 5.00. The van der Waals surface area contributed by atoms with Crippen LogP contribution in [-0.4, -0.2) is 25.2 Å². The topological polar surface area (TPSA) is 37.0 Å². The Balaban J connectivity index is 2.11. The van der Waals surface area contributed by atoms with Gasteiger partial charge in [-0.15, -0.1) is 0 Å². The van der Waals surface area contributed by atoms with Gasteiger partial charge in [-0.05, 0) is 37.1 Å². The number of aromatic amines is 1. The van der Waals surface area contributed by atoms with Crippen LogP contribution in [0.25, 0.3) is 10.9 Å². The van der Waals surface area contributed by atoms with E-state index in [0.717, 1.165) is 19.7 Å². The molecule has 92 valence electrons. The van der Waals surface area contributed by atoms with E-state index in [1.807, 2.05) is 0 Å². The fraction of sp³-hybridized carbons (Fsp3) is 0.429. The number of hydrogen-bond donors (Lipinski definition) is 2. The Morgan fingerprint density at radius 3 is 2.88 bits per heavy atom. The summed E-state index contributed by atoms with van der Waals surface area (Å²) in [4.78, 5) is 3.39. The normalized spacial score (nSPS) is 11.2. The first-order valence-electron chi connectivity index (χ1n) is 6.00. The van der Waals surface area contributed by atoms with Crippen molar-refractivity contribution in [3.05, 3.63) is 35.0 Å². The van der Waals surface area contributed by atoms with Crippen LogP contribution in [0.1, 0.15) is 16.8 Å². The van der Waals surface area contributed by atoms with Crippen molar-refractivity contribution >= 4 is 10.9 Å². The Morgan fingerprint density at radius 2 is 2.12 bits per heavy atom. The van der Waals surface area contributed by atoms with Crippen molar-refractivity contribution in [1.29, 1.82) is 0 Å². The first-order valence-corrected chi connectivity index (χ1v) is 6.00. The molecular weight excluding hydrogens is 212 g/mol. The van der Waals surface area contributed by atoms with Crippen LogP contribution in [0.4, 0.5) is 0 Å². The number of methoxy groups -OCH3 is 1. The summed E-state index contributed by atoms with van der Waals surface area (Å²) in [6, 6.07) is 6.58. The lowest BCUT2D eigenvalue weighted by Crippen LogP contribution is -2.18. The molecule has 1 heterocycles. The van der Waals surface area contributed by atoms with E-state index in [9.17, 15) is 0 Å². The molecule has 0 spiro atoms. The van der Waals surface area contributed by atoms with E-state index in [1.54, 1.807) is 7.11 Å². The Morgan fingerprint density at radius 1 is 1.29 bits per heavy atom. The van der Waals surface area contributed by atoms with E-state index in [1.165, 1.54) is 27.7 Å². The third-order valence-electron chi connectivity index (χ3n) is 3.18. The highest BCUT2D eigenvalue weighted by Crippen LogP contribution is 2.22. The number of nitrogens with one attached hydrogen (secondary N) is 2. The maximum absolute atomic E-state index is 5.00. The number of fused-ring (bicyclic) bond motifs is 1. The van der Waals surface area contributed by atoms with E-state index in [2.05, 4.69) is 42.3 Å². The average Bonchev–Trinajstić information content (AvgIpc) is 2.61. The number of ether oxygens (including phenoxy) is 1. The third kappa shape index (κ3) is 2.68. The molecule has 0 atom stereocenters. The predicted molar refractivity (Wildman–Crippen MR) is 71.4 cm³/mol. The Labute approximate surface area is 102 Å². The Hall–Kier alpha value is -1.32. The molecule has 0 saturated heterocycles. The van der Waals surface area contributed by atoms with Crippen LogP contribution in [0, 0.1) is 13.8 Å². The van der Waals surface area contributed by atoms with E-state index in [0.29, 0.717) is 0 Å². The van der Waals surface area contributed by atoms with Crippen molar-refractivity contribution in [3.63, 3.8) is 0 Å². The molecule has 0 radical (unpaired) electrons. The van der Waals surface area contributed by atoms with E-state index in [-0.39, 0.29) is 0 Å². The zero-order valence-corrected chi connectivity index (χ0v) is 10.8. The standard InChI is InChI=1S/C14H20N2O/c1-10-11(2)16-14-5-4-12(8-13(10)14)9-15-6-7-17-3/h4-5,8,15-16H,6-7,9H2,1-3H3. The fourth-order valence-electron chi connectivity index (χ4n) is 2.03. The summed E-state index contributed by atoms with van der Waals surface area (Å²) in [6.07, 6.45) is 0. The molecule has 17 heavy (non-hydrogen) atoms. The highest BCUT2D eigenvalue weighted by molar-refractivity contribution is 5.84. The number of benzene rings is 1. The lowest BCUT2D eigenvalue weighted by atomic mass is 10.1. The molecule has 0 bridgehead atoms. The first-order chi connectivity index (χ1) is 8.22. The Kier molecular flexibility index (Phi) is 3.82. The van der Waals surface area contributed by atoms with Crippen molar-refractivity contribution in [2.45, 2.75) is 20.4 Å². The molecular formula is C14H20N2O. The molecule has 0 fully saturated rings. The number of H-pyrrole nitrogens is 1.